The van der Waals surface area contributed by atoms with E-state index in [1.165, 1.54) is 0 Å². The molecule has 118 valence electrons. The number of hydrogen-bond donors (Lipinski definition) is 1. The van der Waals surface area contributed by atoms with E-state index in [4.69, 9.17) is 25.8 Å². The topological polar surface area (TPSA) is 56.8 Å². The van der Waals surface area contributed by atoms with Gasteiger partial charge in [-0.15, -0.1) is 0 Å². The first-order valence-corrected chi connectivity index (χ1v) is 7.25. The lowest BCUT2D eigenvalue weighted by molar-refractivity contribution is -0.154. The van der Waals surface area contributed by atoms with E-state index < -0.39 is 5.97 Å². The fourth-order valence-electron chi connectivity index (χ4n) is 1.74. The molecule has 1 unspecified atom stereocenters. The number of rotatable bonds is 9. The first-order valence-electron chi connectivity index (χ1n) is 6.87. The van der Waals surface area contributed by atoms with Gasteiger partial charge in [-0.3, -0.25) is 0 Å². The predicted molar refractivity (Wildman–Crippen MR) is 82.0 cm³/mol. The zero-order chi connectivity index (χ0) is 15.7. The summed E-state index contributed by atoms with van der Waals surface area (Å²) in [5.41, 5.74) is 0.872. The van der Waals surface area contributed by atoms with Crippen molar-refractivity contribution in [3.05, 3.63) is 28.8 Å². The summed E-state index contributed by atoms with van der Waals surface area (Å²) in [7, 11) is 1.79. The molecule has 1 aromatic rings. The van der Waals surface area contributed by atoms with Crippen LogP contribution in [-0.4, -0.2) is 45.5 Å². The summed E-state index contributed by atoms with van der Waals surface area (Å²) < 4.78 is 16.0. The summed E-state index contributed by atoms with van der Waals surface area (Å²) in [4.78, 5) is 11.8. The zero-order valence-corrected chi connectivity index (χ0v) is 13.4. The maximum absolute atomic E-state index is 11.8. The minimum Gasteiger partial charge on any atom is -0.482 e. The molecule has 0 saturated carbocycles. The van der Waals surface area contributed by atoms with Crippen LogP contribution in [0, 0.1) is 6.92 Å². The molecule has 0 saturated heterocycles. The van der Waals surface area contributed by atoms with Crippen LogP contribution in [0.15, 0.2) is 18.2 Å². The van der Waals surface area contributed by atoms with E-state index in [0.29, 0.717) is 30.5 Å². The van der Waals surface area contributed by atoms with Gasteiger partial charge in [-0.2, -0.15) is 0 Å². The Morgan fingerprint density at radius 1 is 1.43 bits per heavy atom. The van der Waals surface area contributed by atoms with E-state index in [1.807, 2.05) is 13.8 Å². The molecule has 1 rings (SSSR count). The fraction of sp³-hybridized carbons (Fsp3) is 0.533. The molecule has 1 aromatic carbocycles. The third-order valence-electron chi connectivity index (χ3n) is 2.72. The molecule has 6 heteroatoms. The Balaban J connectivity index is 2.44. The van der Waals surface area contributed by atoms with Gasteiger partial charge in [0.25, 0.3) is 0 Å². The average Bonchev–Trinajstić information content (AvgIpc) is 2.44. The van der Waals surface area contributed by atoms with Crippen molar-refractivity contribution in [1.29, 1.82) is 0 Å². The highest BCUT2D eigenvalue weighted by Gasteiger charge is 2.15. The van der Waals surface area contributed by atoms with Gasteiger partial charge < -0.3 is 19.5 Å². The second kappa shape index (κ2) is 9.60. The van der Waals surface area contributed by atoms with E-state index in [2.05, 4.69) is 5.32 Å². The Labute approximate surface area is 130 Å². The van der Waals surface area contributed by atoms with Crippen LogP contribution in [0.5, 0.6) is 5.75 Å². The zero-order valence-electron chi connectivity index (χ0n) is 12.6. The Hall–Kier alpha value is -1.30. The van der Waals surface area contributed by atoms with Gasteiger partial charge in [0.15, 0.2) is 6.61 Å². The Morgan fingerprint density at radius 3 is 2.81 bits per heavy atom. The quantitative estimate of drug-likeness (QED) is 0.708. The van der Waals surface area contributed by atoms with Gasteiger partial charge in [0.2, 0.25) is 0 Å². The highest BCUT2D eigenvalue weighted by molar-refractivity contribution is 6.30. The second-order valence-corrected chi connectivity index (χ2v) is 4.96. The van der Waals surface area contributed by atoms with E-state index in [9.17, 15) is 4.79 Å². The van der Waals surface area contributed by atoms with Gasteiger partial charge in [0, 0.05) is 18.2 Å². The summed E-state index contributed by atoms with van der Waals surface area (Å²) in [5, 5.41) is 3.59. The Bertz CT molecular complexity index is 453. The lowest BCUT2D eigenvalue weighted by Crippen LogP contribution is -2.34. The molecule has 0 aliphatic carbocycles. The largest absolute Gasteiger partial charge is 0.482 e. The summed E-state index contributed by atoms with van der Waals surface area (Å²) >= 11 is 5.86. The number of likely N-dealkylation sites (N-methyl/N-ethyl adjacent to an activating group) is 1. The molecule has 0 aliphatic heterocycles. The van der Waals surface area contributed by atoms with E-state index >= 15 is 0 Å². The van der Waals surface area contributed by atoms with Crippen LogP contribution in [-0.2, 0) is 14.3 Å². The molecule has 0 amide bonds. The maximum atomic E-state index is 11.8. The number of hydrogen-bond acceptors (Lipinski definition) is 5. The number of nitrogens with one attached hydrogen (secondary N) is 1. The molecule has 0 aromatic heterocycles. The summed E-state index contributed by atoms with van der Waals surface area (Å²) in [5.74, 6) is 0.190. The number of aryl methyl sites for hydroxylation is 1. The van der Waals surface area contributed by atoms with Gasteiger partial charge in [-0.1, -0.05) is 11.6 Å². The van der Waals surface area contributed by atoms with E-state index in [1.54, 1.807) is 25.2 Å². The van der Waals surface area contributed by atoms with Gasteiger partial charge in [0.05, 0.1) is 6.61 Å². The lowest BCUT2D eigenvalue weighted by Gasteiger charge is -2.17. The Kier molecular flexibility index (Phi) is 8.12. The molecular weight excluding hydrogens is 294 g/mol. The smallest absolute Gasteiger partial charge is 0.344 e. The van der Waals surface area contributed by atoms with Crippen molar-refractivity contribution in [3.8, 4) is 5.75 Å². The number of benzene rings is 1. The SMILES string of the molecule is CCOCC(CNC)OC(=O)COc1ccc(Cl)cc1C. The van der Waals surface area contributed by atoms with Crippen molar-refractivity contribution >= 4 is 17.6 Å². The predicted octanol–water partition coefficient (Wildman–Crippen LogP) is 2.19. The monoisotopic (exact) mass is 315 g/mol. The molecule has 0 radical (unpaired) electrons. The minimum atomic E-state index is -0.427. The highest BCUT2D eigenvalue weighted by atomic mass is 35.5. The Morgan fingerprint density at radius 2 is 2.19 bits per heavy atom. The first-order chi connectivity index (χ1) is 10.1. The number of carbonyl (C=O) groups excluding carboxylic acids is 1. The molecular formula is C15H22ClNO4. The number of halogens is 1. The number of esters is 1. The summed E-state index contributed by atoms with van der Waals surface area (Å²) in [6.45, 7) is 5.10. The van der Waals surface area contributed by atoms with Crippen LogP contribution in [0.3, 0.4) is 0 Å². The van der Waals surface area contributed by atoms with Gasteiger partial charge in [0.1, 0.15) is 11.9 Å². The molecule has 1 atom stereocenters. The second-order valence-electron chi connectivity index (χ2n) is 4.53. The highest BCUT2D eigenvalue weighted by Crippen LogP contribution is 2.21. The van der Waals surface area contributed by atoms with E-state index in [-0.39, 0.29) is 12.7 Å². The van der Waals surface area contributed by atoms with Crippen molar-refractivity contribution in [1.82, 2.24) is 5.32 Å². The molecule has 21 heavy (non-hydrogen) atoms. The molecule has 0 spiro atoms. The maximum Gasteiger partial charge on any atom is 0.344 e. The number of carbonyl (C=O) groups is 1. The molecule has 5 nitrogen and oxygen atoms in total. The third kappa shape index (κ3) is 6.80. The minimum absolute atomic E-state index is 0.144. The van der Waals surface area contributed by atoms with Gasteiger partial charge in [-0.25, -0.2) is 4.79 Å². The van der Waals surface area contributed by atoms with Crippen molar-refractivity contribution in [2.75, 3.05) is 33.4 Å². The van der Waals surface area contributed by atoms with Crippen molar-refractivity contribution < 1.29 is 19.0 Å². The van der Waals surface area contributed by atoms with Gasteiger partial charge >= 0.3 is 5.97 Å². The van der Waals surface area contributed by atoms with Crippen LogP contribution in [0.2, 0.25) is 5.02 Å². The van der Waals surface area contributed by atoms with Crippen molar-refractivity contribution in [3.63, 3.8) is 0 Å². The molecule has 1 N–H and O–H groups in total. The van der Waals surface area contributed by atoms with Crippen LogP contribution in [0.4, 0.5) is 0 Å². The standard InChI is InChI=1S/C15H22ClNO4/c1-4-19-9-13(8-17-3)21-15(18)10-20-14-6-5-12(16)7-11(14)2/h5-7,13,17H,4,8-10H2,1-3H3. The molecule has 0 aliphatic rings. The fourth-order valence-corrected chi connectivity index (χ4v) is 1.97. The molecule has 0 bridgehead atoms. The third-order valence-corrected chi connectivity index (χ3v) is 2.96. The van der Waals surface area contributed by atoms with Crippen molar-refractivity contribution in [2.24, 2.45) is 0 Å². The first kappa shape index (κ1) is 17.8. The van der Waals surface area contributed by atoms with E-state index in [0.717, 1.165) is 5.56 Å². The molecule has 0 fully saturated rings. The van der Waals surface area contributed by atoms with Crippen LogP contribution >= 0.6 is 11.6 Å². The van der Waals surface area contributed by atoms with Gasteiger partial charge in [-0.05, 0) is 44.7 Å². The summed E-state index contributed by atoms with van der Waals surface area (Å²) in [6.07, 6.45) is -0.322. The van der Waals surface area contributed by atoms with Crippen LogP contribution in [0.1, 0.15) is 12.5 Å². The lowest BCUT2D eigenvalue weighted by atomic mass is 10.2. The summed E-state index contributed by atoms with van der Waals surface area (Å²) in [6, 6.07) is 5.23. The molecule has 0 heterocycles. The van der Waals surface area contributed by atoms with Crippen LogP contribution < -0.4 is 10.1 Å². The normalized spacial score (nSPS) is 12.0. The number of ether oxygens (including phenoxy) is 3. The average molecular weight is 316 g/mol. The van der Waals surface area contributed by atoms with Crippen LogP contribution in [0.25, 0.3) is 0 Å². The van der Waals surface area contributed by atoms with Crippen molar-refractivity contribution in [2.45, 2.75) is 20.0 Å².